The Balaban J connectivity index is 2.82. The first kappa shape index (κ1) is 7.73. The minimum atomic E-state index is 0.792. The van der Waals surface area contributed by atoms with Gasteiger partial charge in [0, 0.05) is 29.5 Å². The minimum absolute atomic E-state index is 0.792. The number of alkyl halides is 1. The van der Waals surface area contributed by atoms with Gasteiger partial charge >= 0.3 is 0 Å². The predicted molar refractivity (Wildman–Crippen MR) is 50.4 cm³/mol. The maximum atomic E-state index is 4.24. The molecule has 0 unspecified atom stereocenters. The van der Waals surface area contributed by atoms with Gasteiger partial charge < -0.3 is 0 Å². The number of nitrogens with zero attached hydrogens (tertiary/aromatic N) is 3. The summed E-state index contributed by atoms with van der Waals surface area (Å²) in [6.07, 6.45) is 5.56. The molecule has 62 valence electrons. The van der Waals surface area contributed by atoms with Crippen molar-refractivity contribution in [1.29, 1.82) is 0 Å². The maximum absolute atomic E-state index is 4.24. The van der Waals surface area contributed by atoms with Crippen molar-refractivity contribution in [3.05, 3.63) is 30.0 Å². The molecule has 0 saturated carbocycles. The second-order valence-corrected chi connectivity index (χ2v) is 3.15. The second kappa shape index (κ2) is 2.86. The van der Waals surface area contributed by atoms with Crippen molar-refractivity contribution >= 4 is 21.6 Å². The quantitative estimate of drug-likeness (QED) is 0.695. The zero-order valence-corrected chi connectivity index (χ0v) is 8.24. The lowest BCUT2D eigenvalue weighted by atomic mass is 10.3. The molecule has 0 saturated heterocycles. The van der Waals surface area contributed by atoms with Gasteiger partial charge in [0.15, 0.2) is 0 Å². The number of halogens is 1. The van der Waals surface area contributed by atoms with Crippen LogP contribution in [0, 0.1) is 6.92 Å². The van der Waals surface area contributed by atoms with E-state index in [-0.39, 0.29) is 0 Å². The minimum Gasteiger partial charge on any atom is -0.288 e. The molecule has 12 heavy (non-hydrogen) atoms. The van der Waals surface area contributed by atoms with Crippen LogP contribution in [0.25, 0.3) is 5.65 Å². The average Bonchev–Trinajstić information content (AvgIpc) is 2.54. The molecule has 0 fully saturated rings. The zero-order valence-electron chi connectivity index (χ0n) is 6.66. The number of aryl methyl sites for hydroxylation is 1. The Labute approximate surface area is 78.6 Å². The third kappa shape index (κ3) is 1.03. The van der Waals surface area contributed by atoms with Gasteiger partial charge in [-0.05, 0) is 6.92 Å². The molecule has 2 aromatic rings. The molecular weight excluding hydrogens is 218 g/mol. The highest BCUT2D eigenvalue weighted by atomic mass is 79.9. The van der Waals surface area contributed by atoms with Gasteiger partial charge in [-0.2, -0.15) is 0 Å². The topological polar surface area (TPSA) is 30.2 Å². The van der Waals surface area contributed by atoms with Crippen LogP contribution in [0.1, 0.15) is 11.4 Å². The van der Waals surface area contributed by atoms with Gasteiger partial charge in [-0.15, -0.1) is 0 Å². The second-order valence-electron chi connectivity index (χ2n) is 2.59. The number of rotatable bonds is 1. The van der Waals surface area contributed by atoms with Gasteiger partial charge in [0.05, 0.1) is 0 Å². The monoisotopic (exact) mass is 225 g/mol. The number of aromatic nitrogens is 3. The Morgan fingerprint density at radius 2 is 2.33 bits per heavy atom. The predicted octanol–water partition coefficient (Wildman–Crippen LogP) is 1.93. The fraction of sp³-hybridized carbons (Fsp3) is 0.250. The molecule has 2 rings (SSSR count). The summed E-state index contributed by atoms with van der Waals surface area (Å²) in [5.74, 6) is 0.965. The van der Waals surface area contributed by atoms with E-state index < -0.39 is 0 Å². The molecule has 3 nitrogen and oxygen atoms in total. The molecule has 0 spiro atoms. The van der Waals surface area contributed by atoms with E-state index in [0.29, 0.717) is 0 Å². The van der Waals surface area contributed by atoms with Gasteiger partial charge in [0.2, 0.25) is 0 Å². The Bertz CT molecular complexity index is 408. The van der Waals surface area contributed by atoms with Crippen LogP contribution < -0.4 is 0 Å². The SMILES string of the molecule is Cc1ncc(CBr)c2nccn12. The Hall–Kier alpha value is -0.900. The highest BCUT2D eigenvalue weighted by Crippen LogP contribution is 2.12. The third-order valence-corrected chi connectivity index (χ3v) is 2.43. The van der Waals surface area contributed by atoms with Crippen LogP contribution in [0.3, 0.4) is 0 Å². The van der Waals surface area contributed by atoms with Crippen molar-refractivity contribution in [3.63, 3.8) is 0 Å². The van der Waals surface area contributed by atoms with Gasteiger partial charge in [-0.25, -0.2) is 9.97 Å². The normalized spacial score (nSPS) is 10.8. The summed E-state index contributed by atoms with van der Waals surface area (Å²) in [5, 5.41) is 0.792. The van der Waals surface area contributed by atoms with Gasteiger partial charge in [0.25, 0.3) is 0 Å². The number of hydrogen-bond acceptors (Lipinski definition) is 2. The molecule has 0 amide bonds. The van der Waals surface area contributed by atoms with Gasteiger partial charge in [-0.1, -0.05) is 15.9 Å². The van der Waals surface area contributed by atoms with Crippen LogP contribution >= 0.6 is 15.9 Å². The molecule has 2 aromatic heterocycles. The first-order valence-corrected chi connectivity index (χ1v) is 4.78. The number of imidazole rings is 1. The van der Waals surface area contributed by atoms with Crippen LogP contribution in [0.4, 0.5) is 0 Å². The fourth-order valence-corrected chi connectivity index (χ4v) is 1.58. The molecular formula is C8H8BrN3. The molecule has 0 N–H and O–H groups in total. The molecule has 0 aliphatic carbocycles. The molecule has 0 aliphatic rings. The molecule has 0 aliphatic heterocycles. The standard InChI is InChI=1S/C8H8BrN3/c1-6-11-5-7(4-9)8-10-2-3-12(6)8/h2-3,5H,4H2,1H3. The van der Waals surface area contributed by atoms with E-state index >= 15 is 0 Å². The van der Waals surface area contributed by atoms with E-state index in [0.717, 1.165) is 22.4 Å². The first-order chi connectivity index (χ1) is 5.83. The third-order valence-electron chi connectivity index (χ3n) is 1.83. The Morgan fingerprint density at radius 1 is 1.50 bits per heavy atom. The van der Waals surface area contributed by atoms with Crippen molar-refractivity contribution in [2.75, 3.05) is 0 Å². The zero-order chi connectivity index (χ0) is 8.55. The lowest BCUT2D eigenvalue weighted by Crippen LogP contribution is -1.96. The Morgan fingerprint density at radius 3 is 3.08 bits per heavy atom. The van der Waals surface area contributed by atoms with Crippen molar-refractivity contribution < 1.29 is 0 Å². The van der Waals surface area contributed by atoms with Crippen molar-refractivity contribution in [2.24, 2.45) is 0 Å². The summed E-state index contributed by atoms with van der Waals surface area (Å²) in [5.41, 5.74) is 2.10. The fourth-order valence-electron chi connectivity index (χ4n) is 1.19. The summed E-state index contributed by atoms with van der Waals surface area (Å²) >= 11 is 3.39. The number of fused-ring (bicyclic) bond motifs is 1. The van der Waals surface area contributed by atoms with Crippen LogP contribution in [0.15, 0.2) is 18.6 Å². The summed E-state index contributed by atoms with van der Waals surface area (Å²) in [7, 11) is 0. The van der Waals surface area contributed by atoms with Crippen molar-refractivity contribution in [3.8, 4) is 0 Å². The lowest BCUT2D eigenvalue weighted by molar-refractivity contribution is 0.973. The molecule has 0 atom stereocenters. The summed E-state index contributed by atoms with van der Waals surface area (Å²) in [4.78, 5) is 8.49. The van der Waals surface area contributed by atoms with Gasteiger partial charge in [0.1, 0.15) is 11.5 Å². The summed E-state index contributed by atoms with van der Waals surface area (Å²) in [6.45, 7) is 1.96. The van der Waals surface area contributed by atoms with E-state index in [1.54, 1.807) is 6.20 Å². The smallest absolute Gasteiger partial charge is 0.143 e. The van der Waals surface area contributed by atoms with E-state index in [1.165, 1.54) is 0 Å². The molecule has 4 heteroatoms. The van der Waals surface area contributed by atoms with Crippen molar-refractivity contribution in [2.45, 2.75) is 12.3 Å². The Kier molecular flexibility index (Phi) is 1.84. The largest absolute Gasteiger partial charge is 0.288 e. The van der Waals surface area contributed by atoms with Crippen molar-refractivity contribution in [1.82, 2.24) is 14.4 Å². The first-order valence-electron chi connectivity index (χ1n) is 3.66. The van der Waals surface area contributed by atoms with Crippen LogP contribution in [-0.2, 0) is 5.33 Å². The van der Waals surface area contributed by atoms with E-state index in [9.17, 15) is 0 Å². The molecule has 0 bridgehead atoms. The highest BCUT2D eigenvalue weighted by Gasteiger charge is 2.02. The van der Waals surface area contributed by atoms with E-state index in [1.807, 2.05) is 23.7 Å². The van der Waals surface area contributed by atoms with Crippen LogP contribution in [0.2, 0.25) is 0 Å². The van der Waals surface area contributed by atoms with Gasteiger partial charge in [-0.3, -0.25) is 4.40 Å². The maximum Gasteiger partial charge on any atom is 0.143 e. The summed E-state index contributed by atoms with van der Waals surface area (Å²) in [6, 6.07) is 0. The van der Waals surface area contributed by atoms with Crippen LogP contribution in [0.5, 0.6) is 0 Å². The summed E-state index contributed by atoms with van der Waals surface area (Å²) < 4.78 is 1.98. The lowest BCUT2D eigenvalue weighted by Gasteiger charge is -2.01. The highest BCUT2D eigenvalue weighted by molar-refractivity contribution is 9.08. The van der Waals surface area contributed by atoms with E-state index in [2.05, 4.69) is 25.9 Å². The molecule has 0 aromatic carbocycles. The average molecular weight is 226 g/mol. The molecule has 0 radical (unpaired) electrons. The van der Waals surface area contributed by atoms with E-state index in [4.69, 9.17) is 0 Å². The number of hydrogen-bond donors (Lipinski definition) is 0. The van der Waals surface area contributed by atoms with Crippen LogP contribution in [-0.4, -0.2) is 14.4 Å². The molecule has 2 heterocycles.